The minimum atomic E-state index is -1.17. The molecule has 0 bridgehead atoms. The molecule has 3 N–H and O–H groups in total. The lowest BCUT2D eigenvalue weighted by Crippen LogP contribution is -2.49. The molecule has 0 radical (unpaired) electrons. The summed E-state index contributed by atoms with van der Waals surface area (Å²) in [5.41, 5.74) is 3.38. The van der Waals surface area contributed by atoms with Gasteiger partial charge in [0, 0.05) is 17.5 Å². The number of hydrogen-bond donors (Lipinski definition) is 3. The van der Waals surface area contributed by atoms with Crippen LogP contribution in [0.15, 0.2) is 59.7 Å². The molecule has 2 aromatic rings. The highest BCUT2D eigenvalue weighted by atomic mass is 16.5. The number of rotatable bonds is 9. The molecule has 0 saturated heterocycles. The van der Waals surface area contributed by atoms with Crippen molar-refractivity contribution in [2.24, 2.45) is 0 Å². The molecule has 1 amide bonds. The van der Waals surface area contributed by atoms with Crippen molar-refractivity contribution in [3.63, 3.8) is 0 Å². The number of carbonyl (C=O) groups is 2. The normalized spacial score (nSPS) is 21.4. The van der Waals surface area contributed by atoms with Crippen molar-refractivity contribution < 1.29 is 29.6 Å². The maximum absolute atomic E-state index is 13.4. The second-order valence-corrected chi connectivity index (χ2v) is 10.9. The van der Waals surface area contributed by atoms with Crippen LogP contribution in [-0.2, 0) is 17.8 Å². The molecule has 0 fully saturated rings. The topological polar surface area (TPSA) is 107 Å². The Kier molecular flexibility index (Phi) is 7.97. The number of allylic oxidation sites excluding steroid dienone is 4. The number of carbonyl (C=O) groups excluding carboxylic acids is 1. The third-order valence-electron chi connectivity index (χ3n) is 7.61. The number of nitrogens with zero attached hydrogens (tertiary/aromatic N) is 1. The monoisotopic (exact) mass is 519 g/mol. The second-order valence-electron chi connectivity index (χ2n) is 10.9. The average Bonchev–Trinajstić information content (AvgIpc) is 3.16. The van der Waals surface area contributed by atoms with E-state index in [0.29, 0.717) is 35.3 Å². The number of benzene rings is 2. The summed E-state index contributed by atoms with van der Waals surface area (Å²) in [5.74, 6) is -1.36. The summed E-state index contributed by atoms with van der Waals surface area (Å²) in [6.07, 6.45) is 6.96. The Bertz CT molecular complexity index is 1280. The molecule has 7 heteroatoms. The predicted molar refractivity (Wildman–Crippen MR) is 145 cm³/mol. The Hall–Kier alpha value is -3.58. The van der Waals surface area contributed by atoms with Crippen LogP contribution in [0.25, 0.3) is 0 Å². The number of amides is 1. The van der Waals surface area contributed by atoms with Gasteiger partial charge in [-0.15, -0.1) is 0 Å². The standard InChI is InChI=1S/C31H37NO6/c1-19(2)10-8-11-20(3)12-9-15-31(4)26(34)17-23-25(33)16-22-24(28(23)38-31)18-32(29(22)35)27(30(36)37)21-13-6-5-7-14-21/h5-7,10,12-14,16,26-27,33-34H,8-9,11,15,17-18H2,1-4H3,(H,36,37)/t26-,27+,31-/m0/s1. The van der Waals surface area contributed by atoms with Crippen LogP contribution >= 0.6 is 0 Å². The number of aliphatic hydroxyl groups is 1. The van der Waals surface area contributed by atoms with Crippen LogP contribution in [0.3, 0.4) is 0 Å². The predicted octanol–water partition coefficient (Wildman–Crippen LogP) is 5.70. The fourth-order valence-electron chi connectivity index (χ4n) is 5.32. The number of ether oxygens (including phenoxy) is 1. The number of carboxylic acids is 1. The van der Waals surface area contributed by atoms with E-state index >= 15 is 0 Å². The number of aliphatic hydroxyl groups excluding tert-OH is 1. The van der Waals surface area contributed by atoms with Crippen molar-refractivity contribution in [2.45, 2.75) is 84.1 Å². The second kappa shape index (κ2) is 11.0. The van der Waals surface area contributed by atoms with Gasteiger partial charge in [0.2, 0.25) is 0 Å². The van der Waals surface area contributed by atoms with Gasteiger partial charge in [-0.1, -0.05) is 53.6 Å². The Morgan fingerprint density at radius 3 is 2.53 bits per heavy atom. The first-order chi connectivity index (χ1) is 18.0. The van der Waals surface area contributed by atoms with Crippen LogP contribution in [0.1, 0.15) is 86.5 Å². The van der Waals surface area contributed by atoms with Gasteiger partial charge in [-0.2, -0.15) is 0 Å². The Balaban J connectivity index is 1.59. The summed E-state index contributed by atoms with van der Waals surface area (Å²) in [6, 6.07) is 8.83. The fourth-order valence-corrected chi connectivity index (χ4v) is 5.32. The van der Waals surface area contributed by atoms with Gasteiger partial charge in [0.05, 0.1) is 18.2 Å². The van der Waals surface area contributed by atoms with Crippen LogP contribution in [0.5, 0.6) is 11.5 Å². The zero-order valence-electron chi connectivity index (χ0n) is 22.5. The SMILES string of the molecule is CC(C)=CCCC(C)=CCC[C@]1(C)Oc2c(c(O)cc3c2CN([C@@H](C(=O)O)c2ccccc2)C3=O)C[C@@H]1O. The van der Waals surface area contributed by atoms with E-state index in [2.05, 4.69) is 32.9 Å². The molecule has 0 aliphatic carbocycles. The lowest BCUT2D eigenvalue weighted by atomic mass is 9.84. The lowest BCUT2D eigenvalue weighted by Gasteiger charge is -2.41. The van der Waals surface area contributed by atoms with E-state index in [1.54, 1.807) is 30.3 Å². The number of carboxylic acid groups (broad SMARTS) is 1. The van der Waals surface area contributed by atoms with Crippen molar-refractivity contribution >= 4 is 11.9 Å². The van der Waals surface area contributed by atoms with Gasteiger partial charge < -0.3 is 25.0 Å². The molecular weight excluding hydrogens is 482 g/mol. The van der Waals surface area contributed by atoms with Gasteiger partial charge in [-0.25, -0.2) is 4.79 Å². The van der Waals surface area contributed by atoms with E-state index in [9.17, 15) is 24.9 Å². The van der Waals surface area contributed by atoms with Crippen molar-refractivity contribution in [1.29, 1.82) is 0 Å². The maximum Gasteiger partial charge on any atom is 0.331 e. The molecule has 4 rings (SSSR count). The highest BCUT2D eigenvalue weighted by Gasteiger charge is 2.46. The van der Waals surface area contributed by atoms with E-state index in [1.165, 1.54) is 22.1 Å². The molecule has 7 nitrogen and oxygen atoms in total. The smallest absolute Gasteiger partial charge is 0.331 e. The molecule has 0 aromatic heterocycles. The van der Waals surface area contributed by atoms with Crippen LogP contribution < -0.4 is 4.74 Å². The highest BCUT2D eigenvalue weighted by molar-refractivity contribution is 6.02. The van der Waals surface area contributed by atoms with Gasteiger partial charge in [0.15, 0.2) is 6.04 Å². The number of hydrogen-bond acceptors (Lipinski definition) is 5. The number of phenolic OH excluding ortho intramolecular Hbond substituents is 1. The first-order valence-electron chi connectivity index (χ1n) is 13.1. The summed E-state index contributed by atoms with van der Waals surface area (Å²) in [7, 11) is 0. The van der Waals surface area contributed by atoms with Crippen LogP contribution in [0, 0.1) is 0 Å². The highest BCUT2D eigenvalue weighted by Crippen LogP contribution is 2.47. The third-order valence-corrected chi connectivity index (χ3v) is 7.61. The molecule has 3 atom stereocenters. The molecule has 38 heavy (non-hydrogen) atoms. The average molecular weight is 520 g/mol. The van der Waals surface area contributed by atoms with Crippen LogP contribution in [0.4, 0.5) is 0 Å². The number of phenols is 1. The summed E-state index contributed by atoms with van der Waals surface area (Å²) in [6.45, 7) is 8.17. The van der Waals surface area contributed by atoms with Crippen molar-refractivity contribution in [3.8, 4) is 11.5 Å². The maximum atomic E-state index is 13.4. The quantitative estimate of drug-likeness (QED) is 0.367. The third kappa shape index (κ3) is 5.48. The molecule has 202 valence electrons. The molecule has 2 aromatic carbocycles. The van der Waals surface area contributed by atoms with Gasteiger partial charge in [0.25, 0.3) is 5.91 Å². The number of fused-ring (bicyclic) bond motifs is 3. The first-order valence-corrected chi connectivity index (χ1v) is 13.1. The summed E-state index contributed by atoms with van der Waals surface area (Å²) < 4.78 is 6.42. The lowest BCUT2D eigenvalue weighted by molar-refractivity contribution is -0.142. The molecule has 0 saturated carbocycles. The van der Waals surface area contributed by atoms with E-state index < -0.39 is 29.6 Å². The van der Waals surface area contributed by atoms with Crippen LogP contribution in [0.2, 0.25) is 0 Å². The van der Waals surface area contributed by atoms with E-state index in [1.807, 2.05) is 6.92 Å². The molecule has 2 aliphatic heterocycles. The van der Waals surface area contributed by atoms with E-state index in [0.717, 1.165) is 12.8 Å². The number of aliphatic carboxylic acids is 1. The Morgan fingerprint density at radius 2 is 1.87 bits per heavy atom. The van der Waals surface area contributed by atoms with Crippen LogP contribution in [-0.4, -0.2) is 43.8 Å². The molecule has 0 spiro atoms. The molecule has 2 heterocycles. The van der Waals surface area contributed by atoms with E-state index in [-0.39, 0.29) is 24.3 Å². The number of aromatic hydroxyl groups is 1. The van der Waals surface area contributed by atoms with Crippen molar-refractivity contribution in [2.75, 3.05) is 0 Å². The van der Waals surface area contributed by atoms with Gasteiger partial charge >= 0.3 is 5.97 Å². The summed E-state index contributed by atoms with van der Waals surface area (Å²) in [4.78, 5) is 26.9. The fraction of sp³-hybridized carbons (Fsp3) is 0.419. The molecule has 2 aliphatic rings. The Labute approximate surface area is 224 Å². The summed E-state index contributed by atoms with van der Waals surface area (Å²) >= 11 is 0. The van der Waals surface area contributed by atoms with Gasteiger partial charge in [-0.05, 0) is 65.0 Å². The minimum absolute atomic E-state index is 0.0399. The van der Waals surface area contributed by atoms with Gasteiger partial charge in [0.1, 0.15) is 17.1 Å². The first kappa shape index (κ1) is 27.5. The summed E-state index contributed by atoms with van der Waals surface area (Å²) in [5, 5.41) is 31.8. The zero-order chi connectivity index (χ0) is 27.6. The van der Waals surface area contributed by atoms with Gasteiger partial charge in [-0.3, -0.25) is 4.79 Å². The zero-order valence-corrected chi connectivity index (χ0v) is 22.5. The van der Waals surface area contributed by atoms with Crippen molar-refractivity contribution in [1.82, 2.24) is 4.90 Å². The van der Waals surface area contributed by atoms with E-state index in [4.69, 9.17) is 4.74 Å². The van der Waals surface area contributed by atoms with Crippen molar-refractivity contribution in [3.05, 3.63) is 82.0 Å². The largest absolute Gasteiger partial charge is 0.508 e. The minimum Gasteiger partial charge on any atom is -0.508 e. The Morgan fingerprint density at radius 1 is 1.16 bits per heavy atom. The molecule has 0 unspecified atom stereocenters. The molecular formula is C31H37NO6.